The van der Waals surface area contributed by atoms with Crippen molar-refractivity contribution in [3.8, 4) is 0 Å². The van der Waals surface area contributed by atoms with E-state index in [0.717, 1.165) is 17.7 Å². The van der Waals surface area contributed by atoms with Crippen molar-refractivity contribution in [2.24, 2.45) is 5.92 Å². The van der Waals surface area contributed by atoms with Crippen molar-refractivity contribution in [3.63, 3.8) is 0 Å². The number of anilines is 1. The molecule has 0 aromatic heterocycles. The van der Waals surface area contributed by atoms with E-state index in [9.17, 15) is 19.2 Å². The molecule has 1 aliphatic rings. The van der Waals surface area contributed by atoms with Crippen molar-refractivity contribution in [2.75, 3.05) is 11.4 Å². The summed E-state index contributed by atoms with van der Waals surface area (Å²) >= 11 is 0. The van der Waals surface area contributed by atoms with Crippen molar-refractivity contribution < 1.29 is 19.2 Å². The number of aryl methyl sites for hydroxylation is 1. The average Bonchev–Trinajstić information content (AvgIpc) is 3.00. The SMILES string of the molecule is CCc1ccc(N2C[C@@H](C(=O)NNC(=O)C(=O)NC(C)C)CC2=O)cc1. The number of hydrogen-bond donors (Lipinski definition) is 3. The summed E-state index contributed by atoms with van der Waals surface area (Å²) in [5.74, 6) is -3.04. The maximum absolute atomic E-state index is 12.2. The fourth-order valence-corrected chi connectivity index (χ4v) is 2.65. The molecule has 8 heteroatoms. The van der Waals surface area contributed by atoms with Gasteiger partial charge in [-0.3, -0.25) is 30.0 Å². The second-order valence-corrected chi connectivity index (χ2v) is 6.50. The third kappa shape index (κ3) is 4.81. The van der Waals surface area contributed by atoms with Crippen molar-refractivity contribution in [3.05, 3.63) is 29.8 Å². The minimum absolute atomic E-state index is 0.0510. The second-order valence-electron chi connectivity index (χ2n) is 6.50. The van der Waals surface area contributed by atoms with E-state index in [0.29, 0.717) is 0 Å². The van der Waals surface area contributed by atoms with Gasteiger partial charge in [-0.2, -0.15) is 0 Å². The van der Waals surface area contributed by atoms with Crippen LogP contribution in [0.4, 0.5) is 5.69 Å². The molecule has 1 aromatic rings. The first-order chi connectivity index (χ1) is 12.3. The third-order valence-electron chi connectivity index (χ3n) is 4.08. The molecule has 0 radical (unpaired) electrons. The highest BCUT2D eigenvalue weighted by Crippen LogP contribution is 2.25. The minimum Gasteiger partial charge on any atom is -0.346 e. The van der Waals surface area contributed by atoms with Crippen LogP contribution in [0.1, 0.15) is 32.8 Å². The lowest BCUT2D eigenvalue weighted by molar-refractivity contribution is -0.141. The molecule has 140 valence electrons. The summed E-state index contributed by atoms with van der Waals surface area (Å²) in [6.45, 7) is 5.71. The number of hydrogen-bond acceptors (Lipinski definition) is 4. The number of benzene rings is 1. The lowest BCUT2D eigenvalue weighted by atomic mass is 10.1. The zero-order valence-corrected chi connectivity index (χ0v) is 15.2. The standard InChI is InChI=1S/C18H24N4O4/c1-4-12-5-7-14(8-6-12)22-10-13(9-15(22)23)16(24)20-21-18(26)17(25)19-11(2)3/h5-8,11,13H,4,9-10H2,1-3H3,(H,19,25)(H,20,24)(H,21,26)/t13-/m0/s1. The van der Waals surface area contributed by atoms with E-state index in [1.165, 1.54) is 0 Å². The van der Waals surface area contributed by atoms with Gasteiger partial charge in [0.25, 0.3) is 0 Å². The smallest absolute Gasteiger partial charge is 0.327 e. The Morgan fingerprint density at radius 1 is 1.12 bits per heavy atom. The van der Waals surface area contributed by atoms with Gasteiger partial charge in [0, 0.05) is 24.7 Å². The van der Waals surface area contributed by atoms with Crippen LogP contribution in [0.15, 0.2) is 24.3 Å². The molecule has 4 amide bonds. The second kappa shape index (κ2) is 8.46. The predicted molar refractivity (Wildman–Crippen MR) is 95.8 cm³/mol. The first kappa shape index (κ1) is 19.4. The first-order valence-electron chi connectivity index (χ1n) is 8.61. The van der Waals surface area contributed by atoms with Gasteiger partial charge in [-0.1, -0.05) is 19.1 Å². The van der Waals surface area contributed by atoms with Gasteiger partial charge >= 0.3 is 11.8 Å². The van der Waals surface area contributed by atoms with Crippen molar-refractivity contribution in [1.29, 1.82) is 0 Å². The molecular formula is C18H24N4O4. The Balaban J connectivity index is 1.89. The summed E-state index contributed by atoms with van der Waals surface area (Å²) in [7, 11) is 0. The maximum atomic E-state index is 12.2. The topological polar surface area (TPSA) is 108 Å². The summed E-state index contributed by atoms with van der Waals surface area (Å²) < 4.78 is 0. The quantitative estimate of drug-likeness (QED) is 0.529. The van der Waals surface area contributed by atoms with Crippen LogP contribution in [0.25, 0.3) is 0 Å². The van der Waals surface area contributed by atoms with Crippen LogP contribution in [-0.4, -0.2) is 36.2 Å². The number of rotatable bonds is 4. The molecule has 0 bridgehead atoms. The molecule has 8 nitrogen and oxygen atoms in total. The monoisotopic (exact) mass is 360 g/mol. The molecule has 1 atom stereocenters. The van der Waals surface area contributed by atoms with Gasteiger partial charge in [-0.25, -0.2) is 0 Å². The molecule has 3 N–H and O–H groups in total. The number of carbonyl (C=O) groups excluding carboxylic acids is 4. The molecule has 1 heterocycles. The fourth-order valence-electron chi connectivity index (χ4n) is 2.65. The Morgan fingerprint density at radius 3 is 2.35 bits per heavy atom. The Bertz CT molecular complexity index is 700. The molecule has 0 unspecified atom stereocenters. The molecule has 1 fully saturated rings. The van der Waals surface area contributed by atoms with Crippen molar-refractivity contribution in [1.82, 2.24) is 16.2 Å². The molecule has 0 aliphatic carbocycles. The molecule has 0 saturated carbocycles. The summed E-state index contributed by atoms with van der Waals surface area (Å²) in [4.78, 5) is 49.0. The number of carbonyl (C=O) groups is 4. The van der Waals surface area contributed by atoms with Gasteiger partial charge in [0.1, 0.15) is 0 Å². The van der Waals surface area contributed by atoms with Gasteiger partial charge in [0.15, 0.2) is 0 Å². The van der Waals surface area contributed by atoms with Crippen LogP contribution >= 0.6 is 0 Å². The number of amides is 4. The summed E-state index contributed by atoms with van der Waals surface area (Å²) in [5.41, 5.74) is 6.18. The van der Waals surface area contributed by atoms with Gasteiger partial charge in [-0.15, -0.1) is 0 Å². The molecule has 1 aromatic carbocycles. The van der Waals surface area contributed by atoms with Crippen LogP contribution in [0.3, 0.4) is 0 Å². The molecule has 26 heavy (non-hydrogen) atoms. The lowest BCUT2D eigenvalue weighted by Crippen LogP contribution is -2.51. The zero-order chi connectivity index (χ0) is 19.3. The number of nitrogens with zero attached hydrogens (tertiary/aromatic N) is 1. The van der Waals surface area contributed by atoms with E-state index in [-0.39, 0.29) is 24.9 Å². The highest BCUT2D eigenvalue weighted by molar-refractivity contribution is 6.35. The van der Waals surface area contributed by atoms with Crippen molar-refractivity contribution in [2.45, 2.75) is 39.7 Å². The Morgan fingerprint density at radius 2 is 1.77 bits per heavy atom. The van der Waals surface area contributed by atoms with Gasteiger partial charge in [0.05, 0.1) is 5.92 Å². The van der Waals surface area contributed by atoms with Crippen LogP contribution < -0.4 is 21.1 Å². The Labute approximate surface area is 152 Å². The van der Waals surface area contributed by atoms with Crippen LogP contribution in [0, 0.1) is 5.92 Å². The molecule has 1 saturated heterocycles. The first-order valence-corrected chi connectivity index (χ1v) is 8.61. The van der Waals surface area contributed by atoms with Crippen LogP contribution in [-0.2, 0) is 25.6 Å². The summed E-state index contributed by atoms with van der Waals surface area (Å²) in [5, 5.41) is 2.42. The van der Waals surface area contributed by atoms with E-state index in [2.05, 4.69) is 16.2 Å². The Hall–Kier alpha value is -2.90. The molecular weight excluding hydrogens is 336 g/mol. The zero-order valence-electron chi connectivity index (χ0n) is 15.2. The van der Waals surface area contributed by atoms with E-state index in [4.69, 9.17) is 0 Å². The van der Waals surface area contributed by atoms with E-state index in [1.54, 1.807) is 18.7 Å². The van der Waals surface area contributed by atoms with Crippen LogP contribution in [0.5, 0.6) is 0 Å². The van der Waals surface area contributed by atoms with E-state index < -0.39 is 23.6 Å². The lowest BCUT2D eigenvalue weighted by Gasteiger charge is -2.17. The largest absolute Gasteiger partial charge is 0.346 e. The maximum Gasteiger partial charge on any atom is 0.327 e. The molecule has 2 rings (SSSR count). The van der Waals surface area contributed by atoms with Crippen molar-refractivity contribution >= 4 is 29.3 Å². The fraction of sp³-hybridized carbons (Fsp3) is 0.444. The van der Waals surface area contributed by atoms with E-state index >= 15 is 0 Å². The molecule has 0 spiro atoms. The van der Waals surface area contributed by atoms with Crippen LogP contribution in [0.2, 0.25) is 0 Å². The average molecular weight is 360 g/mol. The number of hydrazine groups is 1. The third-order valence-corrected chi connectivity index (χ3v) is 4.08. The van der Waals surface area contributed by atoms with Gasteiger partial charge in [0.2, 0.25) is 11.8 Å². The molecule has 1 aliphatic heterocycles. The Kier molecular flexibility index (Phi) is 6.32. The van der Waals surface area contributed by atoms with Gasteiger partial charge in [-0.05, 0) is 38.0 Å². The predicted octanol–water partition coefficient (Wildman–Crippen LogP) is 0.274. The highest BCUT2D eigenvalue weighted by atomic mass is 16.2. The highest BCUT2D eigenvalue weighted by Gasteiger charge is 2.35. The van der Waals surface area contributed by atoms with E-state index in [1.807, 2.05) is 31.2 Å². The number of nitrogens with one attached hydrogen (secondary N) is 3. The summed E-state index contributed by atoms with van der Waals surface area (Å²) in [6, 6.07) is 7.42. The minimum atomic E-state index is -0.955. The normalized spacial score (nSPS) is 16.5. The van der Waals surface area contributed by atoms with Gasteiger partial charge < -0.3 is 10.2 Å². The summed E-state index contributed by atoms with van der Waals surface area (Å²) in [6.07, 6.45) is 0.957.